The highest BCUT2D eigenvalue weighted by molar-refractivity contribution is 6.31. The van der Waals surface area contributed by atoms with Crippen LogP contribution in [0.4, 0.5) is 0 Å². The first kappa shape index (κ1) is 11.4. The second-order valence-electron chi connectivity index (χ2n) is 4.18. The molecule has 1 aliphatic rings. The zero-order valence-electron chi connectivity index (χ0n) is 9.29. The molecule has 4 heteroatoms. The fourth-order valence-electron chi connectivity index (χ4n) is 2.14. The number of carbonyl (C=O) groups is 1. The highest BCUT2D eigenvalue weighted by atomic mass is 35.5. The van der Waals surface area contributed by atoms with Crippen LogP contribution in [0.5, 0.6) is 0 Å². The normalized spacial score (nSPS) is 22.6. The summed E-state index contributed by atoms with van der Waals surface area (Å²) in [6, 6.07) is 8.11. The number of carbonyl (C=O) groups excluding carboxylic acids is 1. The minimum atomic E-state index is 0.125. The summed E-state index contributed by atoms with van der Waals surface area (Å²) in [4.78, 5) is 12.6. The molecule has 0 radical (unpaired) electrons. The monoisotopic (exact) mass is 239 g/mol. The van der Waals surface area contributed by atoms with Crippen molar-refractivity contribution in [2.45, 2.75) is 13.0 Å². The van der Waals surface area contributed by atoms with Crippen molar-refractivity contribution in [2.24, 2.45) is 0 Å². The third kappa shape index (κ3) is 2.36. The molecule has 1 fully saturated rings. The lowest BCUT2D eigenvalue weighted by molar-refractivity contribution is -0.923. The molecule has 1 aliphatic heterocycles. The molecule has 1 heterocycles. The highest BCUT2D eigenvalue weighted by Gasteiger charge is 2.26. The van der Waals surface area contributed by atoms with Gasteiger partial charge in [0.05, 0.1) is 13.1 Å². The van der Waals surface area contributed by atoms with Gasteiger partial charge >= 0.3 is 0 Å². The van der Waals surface area contributed by atoms with Crippen LogP contribution in [0.2, 0.25) is 5.02 Å². The third-order valence-corrected chi connectivity index (χ3v) is 3.48. The van der Waals surface area contributed by atoms with E-state index in [2.05, 4.69) is 12.2 Å². The predicted molar refractivity (Wildman–Crippen MR) is 63.6 cm³/mol. The number of halogens is 1. The number of rotatable bonds is 2. The summed E-state index contributed by atoms with van der Waals surface area (Å²) in [6.07, 6.45) is 0. The Hall–Kier alpha value is -1.06. The van der Waals surface area contributed by atoms with Crippen LogP contribution < -0.4 is 10.2 Å². The van der Waals surface area contributed by atoms with Gasteiger partial charge in [0, 0.05) is 10.6 Å². The lowest BCUT2D eigenvalue weighted by Crippen LogP contribution is -3.15. The molecule has 3 nitrogen and oxygen atoms in total. The number of hydrogen-bond donors (Lipinski definition) is 2. The van der Waals surface area contributed by atoms with E-state index in [0.29, 0.717) is 6.54 Å². The van der Waals surface area contributed by atoms with E-state index in [0.717, 1.165) is 23.7 Å². The van der Waals surface area contributed by atoms with Gasteiger partial charge in [0.2, 0.25) is 0 Å². The van der Waals surface area contributed by atoms with Gasteiger partial charge in [-0.2, -0.15) is 0 Å². The zero-order valence-corrected chi connectivity index (χ0v) is 10.1. The Morgan fingerprint density at radius 2 is 2.19 bits per heavy atom. The van der Waals surface area contributed by atoms with Crippen LogP contribution in [-0.2, 0) is 4.79 Å². The van der Waals surface area contributed by atoms with E-state index in [1.54, 1.807) is 0 Å². The summed E-state index contributed by atoms with van der Waals surface area (Å²) in [5.74, 6) is 0.125. The van der Waals surface area contributed by atoms with E-state index in [9.17, 15) is 4.79 Å². The van der Waals surface area contributed by atoms with Gasteiger partial charge in [-0.15, -0.1) is 0 Å². The molecule has 1 amide bonds. The number of nitrogens with one attached hydrogen (secondary N) is 2. The van der Waals surface area contributed by atoms with Crippen molar-refractivity contribution in [1.29, 1.82) is 0 Å². The number of quaternary nitrogens is 1. The molecular formula is C12H16ClN2O+. The van der Waals surface area contributed by atoms with Gasteiger partial charge < -0.3 is 10.2 Å². The summed E-state index contributed by atoms with van der Waals surface area (Å²) in [5.41, 5.74) is 1.12. The van der Waals surface area contributed by atoms with Crippen molar-refractivity contribution in [3.05, 3.63) is 34.9 Å². The number of benzene rings is 1. The topological polar surface area (TPSA) is 33.5 Å². The van der Waals surface area contributed by atoms with Gasteiger partial charge in [-0.1, -0.05) is 29.8 Å². The van der Waals surface area contributed by atoms with Crippen LogP contribution in [0.25, 0.3) is 0 Å². The second kappa shape index (κ2) is 4.85. The van der Waals surface area contributed by atoms with Gasteiger partial charge in [0.25, 0.3) is 5.91 Å². The minimum Gasteiger partial charge on any atom is -0.346 e. The maximum Gasteiger partial charge on any atom is 0.275 e. The third-order valence-electron chi connectivity index (χ3n) is 3.14. The molecule has 2 rings (SSSR count). The molecule has 0 spiro atoms. The molecule has 0 aromatic heterocycles. The zero-order chi connectivity index (χ0) is 11.5. The first-order valence-corrected chi connectivity index (χ1v) is 5.92. The maximum atomic E-state index is 11.3. The van der Waals surface area contributed by atoms with Gasteiger partial charge in [0.1, 0.15) is 6.04 Å². The molecular weight excluding hydrogens is 224 g/mol. The lowest BCUT2D eigenvalue weighted by Gasteiger charge is -2.29. The predicted octanol–water partition coefficient (Wildman–Crippen LogP) is 0.416. The fraction of sp³-hybridized carbons (Fsp3) is 0.417. The molecule has 1 unspecified atom stereocenters. The fourth-order valence-corrected chi connectivity index (χ4v) is 2.43. The van der Waals surface area contributed by atoms with Crippen molar-refractivity contribution in [3.8, 4) is 0 Å². The Bertz CT molecular complexity index is 394. The molecule has 86 valence electrons. The van der Waals surface area contributed by atoms with Crippen molar-refractivity contribution >= 4 is 17.5 Å². The Labute approximate surface area is 100 Å². The van der Waals surface area contributed by atoms with Crippen LogP contribution in [0.15, 0.2) is 24.3 Å². The standard InChI is InChI=1S/C12H15ClN2O/c1-9(10-4-2-3-5-11(10)13)15-7-6-14-12(16)8-15/h2-5,9H,6-8H2,1H3,(H,14,16)/p+1/t9-/m1/s1. The van der Waals surface area contributed by atoms with E-state index in [4.69, 9.17) is 11.6 Å². The quantitative estimate of drug-likeness (QED) is 0.771. The number of amides is 1. The molecule has 2 N–H and O–H groups in total. The van der Waals surface area contributed by atoms with Crippen molar-refractivity contribution in [1.82, 2.24) is 5.32 Å². The smallest absolute Gasteiger partial charge is 0.275 e. The minimum absolute atomic E-state index is 0.125. The Morgan fingerprint density at radius 1 is 1.44 bits per heavy atom. The van der Waals surface area contributed by atoms with Crippen LogP contribution in [0.1, 0.15) is 18.5 Å². The SMILES string of the molecule is C[C@H](c1ccccc1Cl)[NH+]1CCNC(=O)C1. The van der Waals surface area contributed by atoms with E-state index < -0.39 is 0 Å². The summed E-state index contributed by atoms with van der Waals surface area (Å²) in [6.45, 7) is 4.36. The van der Waals surface area contributed by atoms with Gasteiger partial charge in [-0.05, 0) is 13.0 Å². The molecule has 2 atom stereocenters. The van der Waals surface area contributed by atoms with E-state index in [1.807, 2.05) is 24.3 Å². The molecule has 1 aromatic carbocycles. The van der Waals surface area contributed by atoms with Crippen LogP contribution in [0.3, 0.4) is 0 Å². The lowest BCUT2D eigenvalue weighted by atomic mass is 10.1. The average Bonchev–Trinajstić information content (AvgIpc) is 2.29. The Kier molecular flexibility index (Phi) is 3.46. The van der Waals surface area contributed by atoms with Gasteiger partial charge in [-0.3, -0.25) is 4.79 Å². The van der Waals surface area contributed by atoms with Crippen molar-refractivity contribution in [2.75, 3.05) is 19.6 Å². The van der Waals surface area contributed by atoms with E-state index in [-0.39, 0.29) is 11.9 Å². The molecule has 0 aliphatic carbocycles. The van der Waals surface area contributed by atoms with Crippen molar-refractivity contribution in [3.63, 3.8) is 0 Å². The molecule has 16 heavy (non-hydrogen) atoms. The summed E-state index contributed by atoms with van der Waals surface area (Å²) in [7, 11) is 0. The average molecular weight is 240 g/mol. The second-order valence-corrected chi connectivity index (χ2v) is 4.59. The molecule has 1 saturated heterocycles. The Balaban J connectivity index is 2.15. The highest BCUT2D eigenvalue weighted by Crippen LogP contribution is 2.20. The summed E-state index contributed by atoms with van der Waals surface area (Å²) < 4.78 is 0. The van der Waals surface area contributed by atoms with Crippen LogP contribution in [0, 0.1) is 0 Å². The molecule has 1 aromatic rings. The van der Waals surface area contributed by atoms with Crippen LogP contribution >= 0.6 is 11.6 Å². The summed E-state index contributed by atoms with van der Waals surface area (Å²) in [5, 5.41) is 3.63. The largest absolute Gasteiger partial charge is 0.346 e. The molecule has 0 bridgehead atoms. The summed E-state index contributed by atoms with van der Waals surface area (Å²) >= 11 is 6.16. The maximum absolute atomic E-state index is 11.3. The molecule has 0 saturated carbocycles. The van der Waals surface area contributed by atoms with E-state index in [1.165, 1.54) is 4.90 Å². The number of piperazine rings is 1. The Morgan fingerprint density at radius 3 is 2.88 bits per heavy atom. The first-order chi connectivity index (χ1) is 7.68. The van der Waals surface area contributed by atoms with Gasteiger partial charge in [0.15, 0.2) is 6.54 Å². The van der Waals surface area contributed by atoms with E-state index >= 15 is 0 Å². The van der Waals surface area contributed by atoms with Gasteiger partial charge in [-0.25, -0.2) is 0 Å². The van der Waals surface area contributed by atoms with Crippen molar-refractivity contribution < 1.29 is 9.69 Å². The first-order valence-electron chi connectivity index (χ1n) is 5.54. The number of hydrogen-bond acceptors (Lipinski definition) is 1. The van der Waals surface area contributed by atoms with Crippen LogP contribution in [-0.4, -0.2) is 25.5 Å².